The Hall–Kier alpha value is -1.22. The first-order valence-electron chi connectivity index (χ1n) is 4.69. The van der Waals surface area contributed by atoms with Gasteiger partial charge in [-0.3, -0.25) is 4.98 Å². The summed E-state index contributed by atoms with van der Waals surface area (Å²) in [6.45, 7) is 1.06. The molecule has 0 bridgehead atoms. The molecular formula is C11H10N2S. The van der Waals surface area contributed by atoms with E-state index in [-0.39, 0.29) is 0 Å². The molecule has 1 N–H and O–H groups in total. The van der Waals surface area contributed by atoms with Gasteiger partial charge in [0.2, 0.25) is 0 Å². The van der Waals surface area contributed by atoms with Crippen molar-refractivity contribution in [3.8, 4) is 0 Å². The monoisotopic (exact) mass is 202 g/mol. The summed E-state index contributed by atoms with van der Waals surface area (Å²) in [6.07, 6.45) is 1.84. The molecule has 1 aliphatic rings. The van der Waals surface area contributed by atoms with E-state index in [0.717, 1.165) is 17.8 Å². The Balaban J connectivity index is 2.27. The Morgan fingerprint density at radius 3 is 3.36 bits per heavy atom. The maximum absolute atomic E-state index is 4.35. The standard InChI is InChI=1S/C11H10N2S/c1-2-8-6-10-11(14-5-4-13-10)7-9(8)12-3-1/h1-3,6-7,13H,4-5H2. The summed E-state index contributed by atoms with van der Waals surface area (Å²) in [5, 5.41) is 4.62. The number of benzene rings is 1. The summed E-state index contributed by atoms with van der Waals surface area (Å²) in [6, 6.07) is 8.43. The van der Waals surface area contributed by atoms with Gasteiger partial charge in [-0.25, -0.2) is 0 Å². The molecule has 0 amide bonds. The molecule has 14 heavy (non-hydrogen) atoms. The highest BCUT2D eigenvalue weighted by atomic mass is 32.2. The average molecular weight is 202 g/mol. The van der Waals surface area contributed by atoms with Gasteiger partial charge >= 0.3 is 0 Å². The van der Waals surface area contributed by atoms with Crippen LogP contribution >= 0.6 is 11.8 Å². The second-order valence-electron chi connectivity index (χ2n) is 3.32. The van der Waals surface area contributed by atoms with Gasteiger partial charge < -0.3 is 5.32 Å². The zero-order chi connectivity index (χ0) is 9.38. The molecule has 0 unspecified atom stereocenters. The van der Waals surface area contributed by atoms with Crippen LogP contribution in [0.4, 0.5) is 5.69 Å². The molecule has 0 saturated heterocycles. The number of anilines is 1. The Morgan fingerprint density at radius 1 is 1.36 bits per heavy atom. The summed E-state index contributed by atoms with van der Waals surface area (Å²) in [4.78, 5) is 5.67. The van der Waals surface area contributed by atoms with Crippen LogP contribution in [0, 0.1) is 0 Å². The molecule has 0 saturated carbocycles. The number of fused-ring (bicyclic) bond motifs is 2. The van der Waals surface area contributed by atoms with Crippen molar-refractivity contribution in [3.63, 3.8) is 0 Å². The Kier molecular flexibility index (Phi) is 1.84. The Bertz CT molecular complexity index is 437. The van der Waals surface area contributed by atoms with E-state index in [1.54, 1.807) is 0 Å². The van der Waals surface area contributed by atoms with Gasteiger partial charge in [0.15, 0.2) is 0 Å². The van der Waals surface area contributed by atoms with Crippen LogP contribution in [0.2, 0.25) is 0 Å². The smallest absolute Gasteiger partial charge is 0.0714 e. The van der Waals surface area contributed by atoms with Crippen molar-refractivity contribution in [2.75, 3.05) is 17.6 Å². The van der Waals surface area contributed by atoms with E-state index < -0.39 is 0 Å². The van der Waals surface area contributed by atoms with E-state index in [1.165, 1.54) is 16.0 Å². The molecule has 0 spiro atoms. The van der Waals surface area contributed by atoms with Gasteiger partial charge in [0.25, 0.3) is 0 Å². The van der Waals surface area contributed by atoms with Crippen LogP contribution in [0.3, 0.4) is 0 Å². The predicted molar refractivity (Wildman–Crippen MR) is 61.0 cm³/mol. The minimum absolute atomic E-state index is 1.06. The van der Waals surface area contributed by atoms with Crippen LogP contribution in [0.25, 0.3) is 10.9 Å². The summed E-state index contributed by atoms with van der Waals surface area (Å²) in [7, 11) is 0. The van der Waals surface area contributed by atoms with Crippen LogP contribution in [0.5, 0.6) is 0 Å². The lowest BCUT2D eigenvalue weighted by Crippen LogP contribution is -2.09. The van der Waals surface area contributed by atoms with Gasteiger partial charge in [0.05, 0.1) is 5.52 Å². The SMILES string of the molecule is c1cnc2cc3c(cc2c1)NCCS3. The minimum atomic E-state index is 1.06. The average Bonchev–Trinajstić information content (AvgIpc) is 2.26. The van der Waals surface area contributed by atoms with Crippen molar-refractivity contribution < 1.29 is 0 Å². The normalized spacial score (nSPS) is 14.9. The maximum atomic E-state index is 4.35. The summed E-state index contributed by atoms with van der Waals surface area (Å²) < 4.78 is 0. The number of hydrogen-bond donors (Lipinski definition) is 1. The lowest BCUT2D eigenvalue weighted by Gasteiger charge is -2.17. The number of pyridine rings is 1. The molecule has 1 aliphatic heterocycles. The van der Waals surface area contributed by atoms with Crippen molar-refractivity contribution in [2.24, 2.45) is 0 Å². The first kappa shape index (κ1) is 8.12. The molecule has 2 aromatic rings. The molecule has 1 aromatic heterocycles. The highest BCUT2D eigenvalue weighted by molar-refractivity contribution is 7.99. The number of nitrogens with zero attached hydrogens (tertiary/aromatic N) is 1. The lowest BCUT2D eigenvalue weighted by atomic mass is 10.2. The number of aromatic nitrogens is 1. The van der Waals surface area contributed by atoms with Crippen molar-refractivity contribution in [1.82, 2.24) is 4.98 Å². The fourth-order valence-electron chi connectivity index (χ4n) is 1.71. The van der Waals surface area contributed by atoms with E-state index in [4.69, 9.17) is 0 Å². The maximum Gasteiger partial charge on any atom is 0.0714 e. The molecule has 0 atom stereocenters. The molecule has 0 radical (unpaired) electrons. The van der Waals surface area contributed by atoms with Crippen molar-refractivity contribution in [1.29, 1.82) is 0 Å². The van der Waals surface area contributed by atoms with E-state index in [0.29, 0.717) is 0 Å². The summed E-state index contributed by atoms with van der Waals surface area (Å²) >= 11 is 1.90. The van der Waals surface area contributed by atoms with Gasteiger partial charge in [-0.15, -0.1) is 11.8 Å². The van der Waals surface area contributed by atoms with Gasteiger partial charge in [-0.2, -0.15) is 0 Å². The predicted octanol–water partition coefficient (Wildman–Crippen LogP) is 2.75. The van der Waals surface area contributed by atoms with Crippen molar-refractivity contribution in [3.05, 3.63) is 30.5 Å². The third-order valence-electron chi connectivity index (χ3n) is 2.38. The van der Waals surface area contributed by atoms with Gasteiger partial charge in [-0.1, -0.05) is 6.07 Å². The third-order valence-corrected chi connectivity index (χ3v) is 3.44. The zero-order valence-corrected chi connectivity index (χ0v) is 8.47. The van der Waals surface area contributed by atoms with Gasteiger partial charge in [0.1, 0.15) is 0 Å². The minimum Gasteiger partial charge on any atom is -0.383 e. The van der Waals surface area contributed by atoms with Gasteiger partial charge in [0, 0.05) is 34.5 Å². The molecule has 3 rings (SSSR count). The largest absolute Gasteiger partial charge is 0.383 e. The number of rotatable bonds is 0. The highest BCUT2D eigenvalue weighted by Gasteiger charge is 2.09. The molecule has 70 valence electrons. The molecule has 2 heterocycles. The lowest BCUT2D eigenvalue weighted by molar-refractivity contribution is 1.17. The molecule has 0 aliphatic carbocycles. The number of nitrogens with one attached hydrogen (secondary N) is 1. The highest BCUT2D eigenvalue weighted by Crippen LogP contribution is 2.33. The fraction of sp³-hybridized carbons (Fsp3) is 0.182. The van der Waals surface area contributed by atoms with E-state index >= 15 is 0 Å². The molecule has 0 fully saturated rings. The van der Waals surface area contributed by atoms with Gasteiger partial charge in [-0.05, 0) is 18.2 Å². The second kappa shape index (κ2) is 3.17. The number of thioether (sulfide) groups is 1. The van der Waals surface area contributed by atoms with Crippen molar-refractivity contribution >= 4 is 28.4 Å². The molecular weight excluding hydrogens is 192 g/mol. The fourth-order valence-corrected chi connectivity index (χ4v) is 2.61. The molecule has 1 aromatic carbocycles. The van der Waals surface area contributed by atoms with Crippen LogP contribution in [-0.2, 0) is 0 Å². The Morgan fingerprint density at radius 2 is 2.36 bits per heavy atom. The summed E-state index contributed by atoms with van der Waals surface area (Å²) in [5.41, 5.74) is 2.34. The second-order valence-corrected chi connectivity index (χ2v) is 4.46. The van der Waals surface area contributed by atoms with Crippen LogP contribution in [0.15, 0.2) is 35.4 Å². The van der Waals surface area contributed by atoms with E-state index in [1.807, 2.05) is 24.0 Å². The van der Waals surface area contributed by atoms with E-state index in [2.05, 4.69) is 28.5 Å². The molecule has 2 nitrogen and oxygen atoms in total. The quantitative estimate of drug-likeness (QED) is 0.711. The number of hydrogen-bond acceptors (Lipinski definition) is 3. The Labute approximate surface area is 86.7 Å². The van der Waals surface area contributed by atoms with Crippen LogP contribution in [-0.4, -0.2) is 17.3 Å². The van der Waals surface area contributed by atoms with E-state index in [9.17, 15) is 0 Å². The topological polar surface area (TPSA) is 24.9 Å². The zero-order valence-electron chi connectivity index (χ0n) is 7.66. The summed E-state index contributed by atoms with van der Waals surface area (Å²) in [5.74, 6) is 1.14. The van der Waals surface area contributed by atoms with Crippen LogP contribution < -0.4 is 5.32 Å². The first-order chi connectivity index (χ1) is 6.93. The van der Waals surface area contributed by atoms with Crippen molar-refractivity contribution in [2.45, 2.75) is 4.90 Å². The van der Waals surface area contributed by atoms with Crippen LogP contribution in [0.1, 0.15) is 0 Å². The third kappa shape index (κ3) is 1.24. The molecule has 3 heteroatoms. The first-order valence-corrected chi connectivity index (χ1v) is 5.67.